The van der Waals surface area contributed by atoms with Crippen molar-refractivity contribution in [3.8, 4) is 23.0 Å². The summed E-state index contributed by atoms with van der Waals surface area (Å²) in [5.74, 6) is 1.13. The Morgan fingerprint density at radius 2 is 2.00 bits per heavy atom. The summed E-state index contributed by atoms with van der Waals surface area (Å²) in [5.41, 5.74) is 2.25. The van der Waals surface area contributed by atoms with Crippen molar-refractivity contribution in [3.05, 3.63) is 40.0 Å². The predicted molar refractivity (Wildman–Crippen MR) is 94.8 cm³/mol. The summed E-state index contributed by atoms with van der Waals surface area (Å²) in [5, 5.41) is 15.6. The van der Waals surface area contributed by atoms with Crippen molar-refractivity contribution in [3.63, 3.8) is 0 Å². The van der Waals surface area contributed by atoms with Crippen LogP contribution in [0.2, 0.25) is 10.0 Å². The molecule has 3 heterocycles. The van der Waals surface area contributed by atoms with E-state index in [0.717, 1.165) is 25.2 Å². The first-order chi connectivity index (χ1) is 11.2. The van der Waals surface area contributed by atoms with Gasteiger partial charge in [-0.25, -0.2) is 0 Å². The predicted octanol–water partition coefficient (Wildman–Crippen LogP) is 3.93. The number of aromatic nitrogens is 4. The molecule has 1 atom stereocenters. The Bertz CT molecular complexity index is 821. The Morgan fingerprint density at radius 3 is 2.71 bits per heavy atom. The van der Waals surface area contributed by atoms with Gasteiger partial charge in [-0.2, -0.15) is 10.1 Å². The number of hydrogen-bond acceptors (Lipinski definition) is 5. The molecule has 0 radical (unpaired) electrons. The molecule has 1 fully saturated rings. The fourth-order valence-corrected chi connectivity index (χ4v) is 3.28. The average Bonchev–Trinajstić information content (AvgIpc) is 3.28. The van der Waals surface area contributed by atoms with E-state index in [1.165, 1.54) is 0 Å². The number of benzene rings is 1. The largest absolute Gasteiger partial charge is 0.332 e. The minimum atomic E-state index is 0. The molecule has 0 aliphatic carbocycles. The zero-order chi connectivity index (χ0) is 15.8. The van der Waals surface area contributed by atoms with Crippen LogP contribution in [-0.2, 0) is 0 Å². The topological polar surface area (TPSA) is 79.6 Å². The van der Waals surface area contributed by atoms with Crippen molar-refractivity contribution in [2.45, 2.75) is 12.3 Å². The van der Waals surface area contributed by atoms with Gasteiger partial charge in [0.1, 0.15) is 0 Å². The second-order valence-corrected chi connectivity index (χ2v) is 6.23. The Balaban J connectivity index is 0.00000169. The summed E-state index contributed by atoms with van der Waals surface area (Å²) < 4.78 is 5.31. The zero-order valence-corrected chi connectivity index (χ0v) is 14.8. The maximum atomic E-state index is 6.17. The smallest absolute Gasteiger partial charge is 0.278 e. The van der Waals surface area contributed by atoms with Gasteiger partial charge < -0.3 is 9.84 Å². The zero-order valence-electron chi connectivity index (χ0n) is 12.4. The number of H-pyrrole nitrogens is 1. The lowest BCUT2D eigenvalue weighted by molar-refractivity contribution is 0.431. The number of rotatable bonds is 3. The molecule has 2 aromatic heterocycles. The number of aromatic amines is 1. The minimum Gasteiger partial charge on any atom is -0.332 e. The molecule has 0 bridgehead atoms. The molecule has 1 aliphatic rings. The van der Waals surface area contributed by atoms with Crippen molar-refractivity contribution in [2.75, 3.05) is 13.1 Å². The van der Waals surface area contributed by atoms with E-state index in [2.05, 4.69) is 25.7 Å². The normalized spacial score (nSPS) is 17.0. The van der Waals surface area contributed by atoms with E-state index in [-0.39, 0.29) is 12.4 Å². The van der Waals surface area contributed by atoms with E-state index in [1.807, 2.05) is 6.07 Å². The summed E-state index contributed by atoms with van der Waals surface area (Å²) in [6.07, 6.45) is 1.09. The quantitative estimate of drug-likeness (QED) is 0.713. The molecule has 4 rings (SSSR count). The van der Waals surface area contributed by atoms with Crippen molar-refractivity contribution < 1.29 is 4.52 Å². The second kappa shape index (κ2) is 7.11. The molecule has 1 unspecified atom stereocenters. The Hall–Kier alpha value is -1.60. The molecule has 0 spiro atoms. The van der Waals surface area contributed by atoms with Crippen LogP contribution in [0.3, 0.4) is 0 Å². The molecular formula is C15H14Cl3N5O. The molecule has 1 aliphatic heterocycles. The van der Waals surface area contributed by atoms with Crippen LogP contribution in [-0.4, -0.2) is 33.4 Å². The number of hydrogen-bond donors (Lipinski definition) is 2. The van der Waals surface area contributed by atoms with E-state index in [9.17, 15) is 0 Å². The van der Waals surface area contributed by atoms with Crippen LogP contribution in [0.25, 0.3) is 23.0 Å². The summed E-state index contributed by atoms with van der Waals surface area (Å²) >= 11 is 12.3. The third kappa shape index (κ3) is 3.15. The third-order valence-electron chi connectivity index (χ3n) is 3.93. The average molecular weight is 387 g/mol. The van der Waals surface area contributed by atoms with Gasteiger partial charge >= 0.3 is 0 Å². The lowest BCUT2D eigenvalue weighted by Crippen LogP contribution is -2.08. The Labute approximate surface area is 154 Å². The van der Waals surface area contributed by atoms with Crippen LogP contribution in [0.4, 0.5) is 0 Å². The molecule has 1 saturated heterocycles. The van der Waals surface area contributed by atoms with Crippen LogP contribution < -0.4 is 5.32 Å². The number of nitrogens with zero attached hydrogens (tertiary/aromatic N) is 3. The van der Waals surface area contributed by atoms with Gasteiger partial charge in [0.25, 0.3) is 5.89 Å². The van der Waals surface area contributed by atoms with Gasteiger partial charge in [-0.3, -0.25) is 5.10 Å². The standard InChI is InChI=1S/C15H13Cl2N5O.ClH/c16-9-2-1-3-10(17)13(9)14-19-15(23-22-14)12-6-11(20-21-12)8-4-5-18-7-8;/h1-3,6,8,18H,4-5,7H2,(H,20,21);1H. The third-order valence-corrected chi connectivity index (χ3v) is 4.56. The first kappa shape index (κ1) is 17.2. The fraction of sp³-hybridized carbons (Fsp3) is 0.267. The number of halogens is 3. The highest BCUT2D eigenvalue weighted by Gasteiger charge is 2.22. The van der Waals surface area contributed by atoms with Crippen molar-refractivity contribution in [1.29, 1.82) is 0 Å². The van der Waals surface area contributed by atoms with Crippen LogP contribution in [0.5, 0.6) is 0 Å². The first-order valence-electron chi connectivity index (χ1n) is 7.27. The fourth-order valence-electron chi connectivity index (χ4n) is 2.72. The Morgan fingerprint density at radius 1 is 1.21 bits per heavy atom. The minimum absolute atomic E-state index is 0. The van der Waals surface area contributed by atoms with Gasteiger partial charge in [-0.05, 0) is 31.2 Å². The molecule has 1 aromatic carbocycles. The highest BCUT2D eigenvalue weighted by Crippen LogP contribution is 2.34. The molecule has 0 saturated carbocycles. The van der Waals surface area contributed by atoms with E-state index in [1.54, 1.807) is 18.2 Å². The monoisotopic (exact) mass is 385 g/mol. The Kier molecular flexibility index (Phi) is 5.10. The molecule has 24 heavy (non-hydrogen) atoms. The summed E-state index contributed by atoms with van der Waals surface area (Å²) in [6.45, 7) is 1.97. The van der Waals surface area contributed by atoms with Crippen molar-refractivity contribution in [2.24, 2.45) is 0 Å². The van der Waals surface area contributed by atoms with E-state index in [0.29, 0.717) is 38.9 Å². The van der Waals surface area contributed by atoms with Crippen molar-refractivity contribution >= 4 is 35.6 Å². The van der Waals surface area contributed by atoms with E-state index < -0.39 is 0 Å². The first-order valence-corrected chi connectivity index (χ1v) is 8.02. The van der Waals surface area contributed by atoms with Crippen LogP contribution in [0.15, 0.2) is 28.8 Å². The van der Waals surface area contributed by atoms with E-state index in [4.69, 9.17) is 27.7 Å². The summed E-state index contributed by atoms with van der Waals surface area (Å²) in [4.78, 5) is 4.37. The van der Waals surface area contributed by atoms with Gasteiger partial charge in [0, 0.05) is 18.2 Å². The van der Waals surface area contributed by atoms with E-state index >= 15 is 0 Å². The van der Waals surface area contributed by atoms with Crippen LogP contribution in [0, 0.1) is 0 Å². The molecular weight excluding hydrogens is 373 g/mol. The summed E-state index contributed by atoms with van der Waals surface area (Å²) in [7, 11) is 0. The summed E-state index contributed by atoms with van der Waals surface area (Å²) in [6, 6.07) is 7.19. The maximum Gasteiger partial charge on any atom is 0.278 e. The second-order valence-electron chi connectivity index (χ2n) is 5.42. The highest BCUT2D eigenvalue weighted by atomic mass is 35.5. The maximum absolute atomic E-state index is 6.17. The molecule has 3 aromatic rings. The highest BCUT2D eigenvalue weighted by molar-refractivity contribution is 6.38. The van der Waals surface area contributed by atoms with Gasteiger partial charge in [0.2, 0.25) is 5.82 Å². The van der Waals surface area contributed by atoms with Gasteiger partial charge in [0.05, 0.1) is 15.6 Å². The lowest BCUT2D eigenvalue weighted by Gasteiger charge is -2.02. The van der Waals surface area contributed by atoms with Crippen molar-refractivity contribution in [1.82, 2.24) is 25.7 Å². The number of nitrogens with one attached hydrogen (secondary N) is 2. The van der Waals surface area contributed by atoms with Crippen LogP contribution in [0.1, 0.15) is 18.0 Å². The van der Waals surface area contributed by atoms with Gasteiger partial charge in [-0.15, -0.1) is 12.4 Å². The SMILES string of the molecule is Cl.Clc1cccc(Cl)c1-c1noc(-c2cc(C3CCNC3)[nH]n2)n1. The molecule has 6 nitrogen and oxygen atoms in total. The van der Waals surface area contributed by atoms with Crippen LogP contribution >= 0.6 is 35.6 Å². The molecule has 0 amide bonds. The molecule has 9 heteroatoms. The van der Waals surface area contributed by atoms with Gasteiger partial charge in [0.15, 0.2) is 5.69 Å². The van der Waals surface area contributed by atoms with Gasteiger partial charge in [-0.1, -0.05) is 34.4 Å². The molecule has 126 valence electrons. The lowest BCUT2D eigenvalue weighted by atomic mass is 10.1. The molecule has 2 N–H and O–H groups in total.